The molecule has 0 bridgehead atoms. The third-order valence-electron chi connectivity index (χ3n) is 2.41. The number of hydrogen-bond donors (Lipinski definition) is 1. The second-order valence-corrected chi connectivity index (χ2v) is 4.23. The summed E-state index contributed by atoms with van der Waals surface area (Å²) < 4.78 is 24.1. The Labute approximate surface area is 88.0 Å². The molecule has 3 nitrogen and oxygen atoms in total. The van der Waals surface area contributed by atoms with E-state index in [0.717, 1.165) is 0 Å². The largest absolute Gasteiger partial charge is 0.467 e. The highest BCUT2D eigenvalue weighted by Crippen LogP contribution is 2.33. The van der Waals surface area contributed by atoms with Crippen molar-refractivity contribution in [3.05, 3.63) is 29.1 Å². The molecule has 0 fully saturated rings. The van der Waals surface area contributed by atoms with E-state index in [0.29, 0.717) is 23.5 Å². The molecule has 0 atom stereocenters. The average Bonchev–Trinajstić information content (AvgIpc) is 2.15. The van der Waals surface area contributed by atoms with E-state index >= 15 is 0 Å². The van der Waals surface area contributed by atoms with Crippen molar-refractivity contribution in [1.82, 2.24) is 0 Å². The lowest BCUT2D eigenvalue weighted by atomic mass is 9.90. The van der Waals surface area contributed by atoms with Gasteiger partial charge in [-0.05, 0) is 26.0 Å². The molecule has 0 aromatic heterocycles. The highest BCUT2D eigenvalue weighted by molar-refractivity contribution is 5.44. The minimum Gasteiger partial charge on any atom is -0.467 e. The summed E-state index contributed by atoms with van der Waals surface area (Å²) in [6.45, 7) is 4.09. The van der Waals surface area contributed by atoms with Crippen LogP contribution in [0.3, 0.4) is 0 Å². The Kier molecular flexibility index (Phi) is 2.40. The zero-order chi connectivity index (χ0) is 11.1. The molecule has 2 N–H and O–H groups in total. The predicted molar refractivity (Wildman–Crippen MR) is 53.9 cm³/mol. The molecule has 0 spiro atoms. The lowest BCUT2D eigenvalue weighted by Gasteiger charge is -2.27. The molecule has 1 aliphatic heterocycles. The highest BCUT2D eigenvalue weighted by atomic mass is 19.1. The third kappa shape index (κ3) is 1.82. The number of ether oxygens (including phenoxy) is 2. The van der Waals surface area contributed by atoms with E-state index < -0.39 is 5.54 Å². The van der Waals surface area contributed by atoms with Gasteiger partial charge < -0.3 is 15.2 Å². The van der Waals surface area contributed by atoms with Gasteiger partial charge >= 0.3 is 0 Å². The number of nitrogens with two attached hydrogens (primary N) is 1. The SMILES string of the molecule is CC(C)(N)c1c(F)ccc2c1COCO2. The molecule has 1 aromatic carbocycles. The summed E-state index contributed by atoms with van der Waals surface area (Å²) in [7, 11) is 0. The van der Waals surface area contributed by atoms with Gasteiger partial charge in [-0.25, -0.2) is 4.39 Å². The predicted octanol–water partition coefficient (Wildman–Crippen LogP) is 1.89. The maximum absolute atomic E-state index is 13.7. The molecule has 1 aliphatic rings. The quantitative estimate of drug-likeness (QED) is 0.771. The fourth-order valence-electron chi connectivity index (χ4n) is 1.82. The molecular formula is C11H14FNO2. The van der Waals surface area contributed by atoms with Crippen LogP contribution in [0.1, 0.15) is 25.0 Å². The lowest BCUT2D eigenvalue weighted by Crippen LogP contribution is -2.32. The Morgan fingerprint density at radius 2 is 2.13 bits per heavy atom. The summed E-state index contributed by atoms with van der Waals surface area (Å²) in [6.07, 6.45) is 0. The fraction of sp³-hybridized carbons (Fsp3) is 0.455. The first kappa shape index (κ1) is 10.4. The molecule has 15 heavy (non-hydrogen) atoms. The Morgan fingerprint density at radius 3 is 2.80 bits per heavy atom. The molecule has 0 amide bonds. The van der Waals surface area contributed by atoms with Crippen molar-refractivity contribution in [2.75, 3.05) is 6.79 Å². The van der Waals surface area contributed by atoms with Gasteiger partial charge in [0.15, 0.2) is 6.79 Å². The number of rotatable bonds is 1. The highest BCUT2D eigenvalue weighted by Gasteiger charge is 2.27. The van der Waals surface area contributed by atoms with Gasteiger partial charge in [0.05, 0.1) is 6.61 Å². The van der Waals surface area contributed by atoms with Crippen LogP contribution in [0.2, 0.25) is 0 Å². The Balaban J connectivity index is 2.60. The fourth-order valence-corrected chi connectivity index (χ4v) is 1.82. The van der Waals surface area contributed by atoms with Crippen LogP contribution in [-0.2, 0) is 16.9 Å². The van der Waals surface area contributed by atoms with Gasteiger partial charge in [0.1, 0.15) is 11.6 Å². The van der Waals surface area contributed by atoms with Gasteiger partial charge in [-0.1, -0.05) is 0 Å². The minimum atomic E-state index is -0.737. The van der Waals surface area contributed by atoms with Crippen LogP contribution in [0, 0.1) is 5.82 Å². The van der Waals surface area contributed by atoms with E-state index in [1.54, 1.807) is 19.9 Å². The standard InChI is InChI=1S/C11H14FNO2/c1-11(2,13)10-7-5-14-6-15-9(7)4-3-8(10)12/h3-4H,5-6,13H2,1-2H3. The molecule has 0 radical (unpaired) electrons. The molecular weight excluding hydrogens is 197 g/mol. The van der Waals surface area contributed by atoms with Crippen molar-refractivity contribution in [3.63, 3.8) is 0 Å². The molecule has 1 heterocycles. The molecule has 0 unspecified atom stereocenters. The van der Waals surface area contributed by atoms with Crippen molar-refractivity contribution >= 4 is 0 Å². The summed E-state index contributed by atoms with van der Waals surface area (Å²) in [5.41, 5.74) is 6.38. The molecule has 4 heteroatoms. The summed E-state index contributed by atoms with van der Waals surface area (Å²) >= 11 is 0. The normalized spacial score (nSPS) is 15.7. The zero-order valence-electron chi connectivity index (χ0n) is 8.84. The van der Waals surface area contributed by atoms with Crippen LogP contribution in [0.5, 0.6) is 5.75 Å². The van der Waals surface area contributed by atoms with E-state index in [1.165, 1.54) is 6.07 Å². The first-order chi connectivity index (χ1) is 7.00. The average molecular weight is 211 g/mol. The van der Waals surface area contributed by atoms with E-state index in [-0.39, 0.29) is 12.6 Å². The number of benzene rings is 1. The number of fused-ring (bicyclic) bond motifs is 1. The molecule has 0 aliphatic carbocycles. The van der Waals surface area contributed by atoms with Gasteiger partial charge in [-0.15, -0.1) is 0 Å². The number of hydrogen-bond acceptors (Lipinski definition) is 3. The van der Waals surface area contributed by atoms with Crippen LogP contribution < -0.4 is 10.5 Å². The maximum Gasteiger partial charge on any atom is 0.189 e. The second kappa shape index (κ2) is 3.47. The third-order valence-corrected chi connectivity index (χ3v) is 2.41. The summed E-state index contributed by atoms with van der Waals surface area (Å²) in [6, 6.07) is 3.00. The smallest absolute Gasteiger partial charge is 0.189 e. The maximum atomic E-state index is 13.7. The van der Waals surface area contributed by atoms with E-state index in [2.05, 4.69) is 0 Å². The summed E-state index contributed by atoms with van der Waals surface area (Å²) in [5.74, 6) is 0.353. The van der Waals surface area contributed by atoms with Crippen molar-refractivity contribution in [3.8, 4) is 5.75 Å². The molecule has 0 saturated heterocycles. The van der Waals surface area contributed by atoms with Crippen LogP contribution >= 0.6 is 0 Å². The first-order valence-corrected chi connectivity index (χ1v) is 4.81. The van der Waals surface area contributed by atoms with Gasteiger partial charge in [-0.2, -0.15) is 0 Å². The van der Waals surface area contributed by atoms with Crippen LogP contribution in [0.25, 0.3) is 0 Å². The summed E-state index contributed by atoms with van der Waals surface area (Å²) in [5, 5.41) is 0. The Morgan fingerprint density at radius 1 is 1.40 bits per heavy atom. The van der Waals surface area contributed by atoms with Crippen LogP contribution in [0.4, 0.5) is 4.39 Å². The topological polar surface area (TPSA) is 44.5 Å². The first-order valence-electron chi connectivity index (χ1n) is 4.81. The Bertz CT molecular complexity index is 385. The van der Waals surface area contributed by atoms with Gasteiger partial charge in [0, 0.05) is 16.7 Å². The van der Waals surface area contributed by atoms with Crippen molar-refractivity contribution < 1.29 is 13.9 Å². The van der Waals surface area contributed by atoms with Gasteiger partial charge in [0.25, 0.3) is 0 Å². The van der Waals surface area contributed by atoms with Crippen molar-refractivity contribution in [1.29, 1.82) is 0 Å². The van der Waals surface area contributed by atoms with Gasteiger partial charge in [0.2, 0.25) is 0 Å². The van der Waals surface area contributed by atoms with Crippen LogP contribution in [0.15, 0.2) is 12.1 Å². The molecule has 82 valence electrons. The molecule has 2 rings (SSSR count). The minimum absolute atomic E-state index is 0.211. The van der Waals surface area contributed by atoms with E-state index in [9.17, 15) is 4.39 Å². The lowest BCUT2D eigenvalue weighted by molar-refractivity contribution is -0.0176. The van der Waals surface area contributed by atoms with Crippen LogP contribution in [-0.4, -0.2) is 6.79 Å². The molecule has 1 aromatic rings. The second-order valence-electron chi connectivity index (χ2n) is 4.23. The molecule has 0 saturated carbocycles. The monoisotopic (exact) mass is 211 g/mol. The zero-order valence-corrected chi connectivity index (χ0v) is 8.84. The van der Waals surface area contributed by atoms with Gasteiger partial charge in [-0.3, -0.25) is 0 Å². The van der Waals surface area contributed by atoms with Crippen molar-refractivity contribution in [2.24, 2.45) is 5.73 Å². The summed E-state index contributed by atoms with van der Waals surface area (Å²) in [4.78, 5) is 0. The van der Waals surface area contributed by atoms with Crippen molar-refractivity contribution in [2.45, 2.75) is 26.0 Å². The van der Waals surface area contributed by atoms with E-state index in [1.807, 2.05) is 0 Å². The number of halogens is 1. The Hall–Kier alpha value is -1.13. The van der Waals surface area contributed by atoms with E-state index in [4.69, 9.17) is 15.2 Å².